The normalized spacial score (nSPS) is 13.3. The fourth-order valence-corrected chi connectivity index (χ4v) is 2.38. The summed E-state index contributed by atoms with van der Waals surface area (Å²) in [6.07, 6.45) is 2.18. The van der Waals surface area contributed by atoms with Crippen molar-refractivity contribution in [1.82, 2.24) is 9.88 Å². The molecule has 0 fully saturated rings. The molecule has 3 heteroatoms. The summed E-state index contributed by atoms with van der Waals surface area (Å²) in [5.41, 5.74) is 2.60. The van der Waals surface area contributed by atoms with Gasteiger partial charge in [-0.05, 0) is 18.7 Å². The maximum absolute atomic E-state index is 4.37. The van der Waals surface area contributed by atoms with Crippen LogP contribution in [0.3, 0.4) is 0 Å². The second-order valence-electron chi connectivity index (χ2n) is 3.74. The first kappa shape index (κ1) is 10.6. The zero-order valence-corrected chi connectivity index (χ0v) is 9.96. The molecule has 0 spiro atoms. The minimum absolute atomic E-state index is 0.319. The van der Waals surface area contributed by atoms with E-state index in [0.29, 0.717) is 6.04 Å². The predicted molar refractivity (Wildman–Crippen MR) is 68.6 cm³/mol. The predicted octanol–water partition coefficient (Wildman–Crippen LogP) is 2.37. The zero-order chi connectivity index (χ0) is 10.8. The van der Waals surface area contributed by atoms with Gasteiger partial charge in [-0.1, -0.05) is 18.2 Å². The van der Waals surface area contributed by atoms with E-state index in [-0.39, 0.29) is 0 Å². The van der Waals surface area contributed by atoms with Crippen LogP contribution in [0.5, 0.6) is 0 Å². The molecule has 2 nitrogen and oxygen atoms in total. The molecule has 0 bridgehead atoms. The van der Waals surface area contributed by atoms with E-state index >= 15 is 0 Å². The lowest BCUT2D eigenvalue weighted by molar-refractivity contribution is 0.665. The van der Waals surface area contributed by atoms with Crippen LogP contribution in [0.1, 0.15) is 11.6 Å². The van der Waals surface area contributed by atoms with Crippen LogP contribution in [0, 0.1) is 0 Å². The monoisotopic (exact) mass is 220 g/mol. The molecule has 1 N–H and O–H groups in total. The summed E-state index contributed by atoms with van der Waals surface area (Å²) in [5, 5.41) is 4.60. The molecule has 1 atom stereocenters. The van der Waals surface area contributed by atoms with Crippen LogP contribution < -0.4 is 5.32 Å². The zero-order valence-electron chi connectivity index (χ0n) is 9.07. The maximum Gasteiger partial charge on any atom is 0.0481 e. The van der Waals surface area contributed by atoms with E-state index in [4.69, 9.17) is 0 Å². The van der Waals surface area contributed by atoms with Crippen molar-refractivity contribution in [3.8, 4) is 0 Å². The van der Waals surface area contributed by atoms with Gasteiger partial charge >= 0.3 is 0 Å². The Morgan fingerprint density at radius 1 is 1.40 bits per heavy atom. The summed E-state index contributed by atoms with van der Waals surface area (Å²) in [6.45, 7) is 0. The van der Waals surface area contributed by atoms with E-state index in [1.165, 1.54) is 16.5 Å². The highest BCUT2D eigenvalue weighted by molar-refractivity contribution is 7.80. The third-order valence-electron chi connectivity index (χ3n) is 2.83. The Bertz CT molecular complexity index is 458. The fourth-order valence-electron chi connectivity index (χ4n) is 2.00. The van der Waals surface area contributed by atoms with Crippen molar-refractivity contribution < 1.29 is 0 Å². The van der Waals surface area contributed by atoms with Crippen molar-refractivity contribution in [2.24, 2.45) is 7.05 Å². The molecule has 1 aromatic carbocycles. The molecule has 0 aliphatic carbocycles. The largest absolute Gasteiger partial charge is 0.350 e. The molecule has 0 aliphatic heterocycles. The molecule has 0 radical (unpaired) electrons. The summed E-state index contributed by atoms with van der Waals surface area (Å²) in [6, 6.07) is 8.78. The van der Waals surface area contributed by atoms with E-state index < -0.39 is 0 Å². The SMILES string of the molecule is CNC(CS)c1cn(C)c2ccccc12. The van der Waals surface area contributed by atoms with Gasteiger partial charge in [-0.25, -0.2) is 0 Å². The van der Waals surface area contributed by atoms with Crippen molar-refractivity contribution in [3.05, 3.63) is 36.0 Å². The van der Waals surface area contributed by atoms with Crippen molar-refractivity contribution in [2.75, 3.05) is 12.8 Å². The van der Waals surface area contributed by atoms with E-state index in [1.807, 2.05) is 7.05 Å². The minimum atomic E-state index is 0.319. The summed E-state index contributed by atoms with van der Waals surface area (Å²) < 4.78 is 2.17. The second-order valence-corrected chi connectivity index (χ2v) is 4.10. The first-order chi connectivity index (χ1) is 7.27. The van der Waals surface area contributed by atoms with E-state index in [1.54, 1.807) is 0 Å². The lowest BCUT2D eigenvalue weighted by Gasteiger charge is -2.11. The van der Waals surface area contributed by atoms with Gasteiger partial charge in [0.05, 0.1) is 0 Å². The van der Waals surface area contributed by atoms with Gasteiger partial charge in [-0.3, -0.25) is 0 Å². The van der Waals surface area contributed by atoms with Gasteiger partial charge in [0.25, 0.3) is 0 Å². The first-order valence-electron chi connectivity index (χ1n) is 5.10. The summed E-state index contributed by atoms with van der Waals surface area (Å²) in [5.74, 6) is 0.810. The molecule has 0 amide bonds. The fraction of sp³-hybridized carbons (Fsp3) is 0.333. The Kier molecular flexibility index (Phi) is 3.03. The standard InChI is InChI=1S/C12H16N2S/c1-13-11(8-15)10-7-14(2)12-6-4-3-5-9(10)12/h3-7,11,13,15H,8H2,1-2H3. The number of rotatable bonds is 3. The molecule has 0 aliphatic rings. The van der Waals surface area contributed by atoms with Gasteiger partial charge in [-0.2, -0.15) is 12.6 Å². The molecular weight excluding hydrogens is 204 g/mol. The topological polar surface area (TPSA) is 17.0 Å². The number of benzene rings is 1. The number of nitrogens with one attached hydrogen (secondary N) is 1. The van der Waals surface area contributed by atoms with Crippen molar-refractivity contribution >= 4 is 23.5 Å². The number of nitrogens with zero attached hydrogens (tertiary/aromatic N) is 1. The molecule has 80 valence electrons. The highest BCUT2D eigenvalue weighted by atomic mass is 32.1. The minimum Gasteiger partial charge on any atom is -0.350 e. The van der Waals surface area contributed by atoms with Crippen molar-refractivity contribution in [2.45, 2.75) is 6.04 Å². The third kappa shape index (κ3) is 1.77. The van der Waals surface area contributed by atoms with Crippen molar-refractivity contribution in [3.63, 3.8) is 0 Å². The van der Waals surface area contributed by atoms with E-state index in [0.717, 1.165) is 5.75 Å². The van der Waals surface area contributed by atoms with Crippen molar-refractivity contribution in [1.29, 1.82) is 0 Å². The molecule has 1 heterocycles. The van der Waals surface area contributed by atoms with Crippen LogP contribution in [-0.2, 0) is 7.05 Å². The van der Waals surface area contributed by atoms with Crippen LogP contribution >= 0.6 is 12.6 Å². The third-order valence-corrected chi connectivity index (χ3v) is 3.20. The van der Waals surface area contributed by atoms with E-state index in [9.17, 15) is 0 Å². The van der Waals surface area contributed by atoms with Gasteiger partial charge in [-0.15, -0.1) is 0 Å². The number of para-hydroxylation sites is 1. The highest BCUT2D eigenvalue weighted by Crippen LogP contribution is 2.26. The lowest BCUT2D eigenvalue weighted by atomic mass is 10.1. The van der Waals surface area contributed by atoms with Crippen LogP contribution in [0.2, 0.25) is 0 Å². The molecule has 2 rings (SSSR count). The van der Waals surface area contributed by atoms with E-state index in [2.05, 4.69) is 60.0 Å². The molecule has 0 saturated heterocycles. The lowest BCUT2D eigenvalue weighted by Crippen LogP contribution is -2.17. The molecule has 0 saturated carbocycles. The highest BCUT2D eigenvalue weighted by Gasteiger charge is 2.13. The molecule has 1 unspecified atom stereocenters. The molecule has 1 aromatic heterocycles. The molecular formula is C12H16N2S. The average Bonchev–Trinajstić information content (AvgIpc) is 2.60. The smallest absolute Gasteiger partial charge is 0.0481 e. The van der Waals surface area contributed by atoms with Crippen LogP contribution in [-0.4, -0.2) is 17.4 Å². The number of fused-ring (bicyclic) bond motifs is 1. The Hall–Kier alpha value is -0.930. The second kappa shape index (κ2) is 4.29. The van der Waals surface area contributed by atoms with Crippen LogP contribution in [0.15, 0.2) is 30.5 Å². The number of thiol groups is 1. The van der Waals surface area contributed by atoms with Crippen LogP contribution in [0.25, 0.3) is 10.9 Å². The maximum atomic E-state index is 4.37. The number of aromatic nitrogens is 1. The van der Waals surface area contributed by atoms with Gasteiger partial charge < -0.3 is 9.88 Å². The Morgan fingerprint density at radius 3 is 2.80 bits per heavy atom. The number of hydrogen-bond acceptors (Lipinski definition) is 2. The van der Waals surface area contributed by atoms with Gasteiger partial charge in [0.1, 0.15) is 0 Å². The van der Waals surface area contributed by atoms with Crippen LogP contribution in [0.4, 0.5) is 0 Å². The molecule has 15 heavy (non-hydrogen) atoms. The first-order valence-corrected chi connectivity index (χ1v) is 5.73. The summed E-state index contributed by atoms with van der Waals surface area (Å²) >= 11 is 4.37. The average molecular weight is 220 g/mol. The summed E-state index contributed by atoms with van der Waals surface area (Å²) in [7, 11) is 4.06. The molecule has 2 aromatic rings. The Morgan fingerprint density at radius 2 is 2.13 bits per heavy atom. The van der Waals surface area contributed by atoms with Gasteiger partial charge in [0, 0.05) is 35.9 Å². The van der Waals surface area contributed by atoms with Gasteiger partial charge in [0.2, 0.25) is 0 Å². The number of hydrogen-bond donors (Lipinski definition) is 2. The quantitative estimate of drug-likeness (QED) is 0.759. The number of aryl methyl sites for hydroxylation is 1. The Labute approximate surface area is 95.7 Å². The Balaban J connectivity index is 2.61. The van der Waals surface area contributed by atoms with Gasteiger partial charge in [0.15, 0.2) is 0 Å². The summed E-state index contributed by atoms with van der Waals surface area (Å²) in [4.78, 5) is 0.